The Hall–Kier alpha value is -2.77. The van der Waals surface area contributed by atoms with Crippen LogP contribution in [0.4, 0.5) is 0 Å². The highest BCUT2D eigenvalue weighted by Gasteiger charge is 2.34. The number of fused-ring (bicyclic) bond motifs is 1. The number of primary sulfonamides is 1. The molecule has 1 unspecified atom stereocenters. The van der Waals surface area contributed by atoms with Gasteiger partial charge in [-0.05, 0) is 54.3 Å². The Balaban J connectivity index is 1.72. The first-order valence-corrected chi connectivity index (χ1v) is 15.4. The number of rotatable bonds is 9. The Morgan fingerprint density at radius 2 is 1.97 bits per heavy atom. The molecular formula is C25H28N2O7S3. The van der Waals surface area contributed by atoms with E-state index in [0.717, 1.165) is 28.0 Å². The van der Waals surface area contributed by atoms with Gasteiger partial charge in [0.2, 0.25) is 20.0 Å². The molecule has 0 aliphatic carbocycles. The highest BCUT2D eigenvalue weighted by Crippen LogP contribution is 2.35. The van der Waals surface area contributed by atoms with Crippen molar-refractivity contribution in [1.29, 1.82) is 0 Å². The first kappa shape index (κ1) is 27.3. The molecular weight excluding hydrogens is 536 g/mol. The average molecular weight is 565 g/mol. The Labute approximate surface area is 220 Å². The van der Waals surface area contributed by atoms with Crippen LogP contribution >= 0.6 is 11.3 Å². The second-order valence-corrected chi connectivity index (χ2v) is 13.6. The van der Waals surface area contributed by atoms with Crippen LogP contribution in [0, 0.1) is 6.92 Å². The average Bonchev–Trinajstić information content (AvgIpc) is 3.32. The molecule has 4 rings (SSSR count). The first-order chi connectivity index (χ1) is 17.5. The topological polar surface area (TPSA) is 133 Å². The number of sulfonamides is 2. The van der Waals surface area contributed by atoms with Crippen molar-refractivity contribution in [3.63, 3.8) is 0 Å². The van der Waals surface area contributed by atoms with Gasteiger partial charge in [-0.1, -0.05) is 37.3 Å². The number of para-hydroxylation sites is 1. The van der Waals surface area contributed by atoms with Crippen molar-refractivity contribution in [3.8, 4) is 5.75 Å². The fourth-order valence-electron chi connectivity index (χ4n) is 4.22. The minimum atomic E-state index is -3.88. The van der Waals surface area contributed by atoms with Crippen LogP contribution in [0.5, 0.6) is 5.75 Å². The van der Waals surface area contributed by atoms with Crippen molar-refractivity contribution in [1.82, 2.24) is 4.31 Å². The fourth-order valence-corrected chi connectivity index (χ4v) is 7.66. The van der Waals surface area contributed by atoms with Gasteiger partial charge < -0.3 is 9.47 Å². The number of thiophene rings is 1. The molecule has 2 heterocycles. The molecule has 2 atom stereocenters. The Morgan fingerprint density at radius 3 is 2.65 bits per heavy atom. The number of carbonyl (C=O) groups is 1. The van der Waals surface area contributed by atoms with Gasteiger partial charge in [-0.25, -0.2) is 22.0 Å². The predicted octanol–water partition coefficient (Wildman–Crippen LogP) is 3.37. The second kappa shape index (κ2) is 10.9. The fraction of sp³-hybridized carbons (Fsp3) is 0.320. The van der Waals surface area contributed by atoms with Crippen molar-refractivity contribution in [2.24, 2.45) is 5.14 Å². The lowest BCUT2D eigenvalue weighted by molar-refractivity contribution is -0.128. The number of ether oxygens (including phenoxy) is 2. The van der Waals surface area contributed by atoms with Crippen LogP contribution in [0.15, 0.2) is 63.7 Å². The van der Waals surface area contributed by atoms with E-state index >= 15 is 0 Å². The Bertz CT molecular complexity index is 1500. The second-order valence-electron chi connectivity index (χ2n) is 8.76. The highest BCUT2D eigenvalue weighted by molar-refractivity contribution is 7.91. The molecule has 2 aromatic carbocycles. The maximum Gasteiger partial charge on any atom is 0.293 e. The molecule has 0 bridgehead atoms. The van der Waals surface area contributed by atoms with E-state index in [2.05, 4.69) is 0 Å². The molecule has 12 heteroatoms. The minimum Gasteiger partial charge on any atom is -0.488 e. The van der Waals surface area contributed by atoms with E-state index in [1.54, 1.807) is 30.3 Å². The normalized spacial score (nSPS) is 18.3. The number of aryl methyl sites for hydroxylation is 1. The summed E-state index contributed by atoms with van der Waals surface area (Å²) in [7, 11) is -7.71. The van der Waals surface area contributed by atoms with Crippen molar-refractivity contribution in [3.05, 3.63) is 76.2 Å². The molecule has 9 nitrogen and oxygen atoms in total. The Morgan fingerprint density at radius 1 is 1.22 bits per heavy atom. The molecule has 0 saturated carbocycles. The van der Waals surface area contributed by atoms with E-state index in [1.807, 2.05) is 32.0 Å². The molecule has 0 radical (unpaired) electrons. The van der Waals surface area contributed by atoms with Gasteiger partial charge in [-0.3, -0.25) is 4.79 Å². The van der Waals surface area contributed by atoms with Gasteiger partial charge in [0, 0.05) is 11.4 Å². The number of nitrogens with two attached hydrogens (primary N) is 1. The number of carbonyl (C=O) groups excluding carboxylic acids is 1. The van der Waals surface area contributed by atoms with E-state index in [4.69, 9.17) is 14.6 Å². The Kier molecular flexibility index (Phi) is 8.05. The summed E-state index contributed by atoms with van der Waals surface area (Å²) in [6.45, 7) is 4.47. The molecule has 0 amide bonds. The lowest BCUT2D eigenvalue weighted by Gasteiger charge is -2.24. The molecule has 0 spiro atoms. The van der Waals surface area contributed by atoms with Crippen LogP contribution in [-0.2, 0) is 36.1 Å². The zero-order valence-electron chi connectivity index (χ0n) is 20.4. The zero-order chi connectivity index (χ0) is 26.8. The maximum atomic E-state index is 13.6. The van der Waals surface area contributed by atoms with E-state index in [-0.39, 0.29) is 34.9 Å². The summed E-state index contributed by atoms with van der Waals surface area (Å²) in [5.74, 6) is -0.116. The van der Waals surface area contributed by atoms with Crippen LogP contribution in [0.1, 0.15) is 40.8 Å². The molecule has 0 saturated heterocycles. The lowest BCUT2D eigenvalue weighted by Crippen LogP contribution is -2.36. The summed E-state index contributed by atoms with van der Waals surface area (Å²) in [6, 6.07) is 15.3. The third-order valence-electron chi connectivity index (χ3n) is 6.30. The summed E-state index contributed by atoms with van der Waals surface area (Å²) in [5.41, 5.74) is 2.41. The molecule has 37 heavy (non-hydrogen) atoms. The minimum absolute atomic E-state index is 0.00544. The van der Waals surface area contributed by atoms with E-state index in [1.165, 1.54) is 10.4 Å². The van der Waals surface area contributed by atoms with Gasteiger partial charge in [-0.15, -0.1) is 11.3 Å². The standard InChI is InChI=1S/C25H28N2O7S3/c1-3-20-14-27(37(31,32)24-7-5-4-6-22(24)34-20)13-19-12-18(9-8-17(19)2)21(15-33-16-28)23-10-11-25(35-23)36(26,29)30/h4-12,16,20-21H,3,13-15H2,1-2H3,(H2,26,29,30)/t20-,21?/m1/s1. The smallest absolute Gasteiger partial charge is 0.293 e. The molecule has 1 aliphatic heterocycles. The monoisotopic (exact) mass is 564 g/mol. The number of nitrogens with zero attached hydrogens (tertiary/aromatic N) is 1. The van der Waals surface area contributed by atoms with Gasteiger partial charge in [0.15, 0.2) is 0 Å². The van der Waals surface area contributed by atoms with Crippen LogP contribution < -0.4 is 9.88 Å². The molecule has 1 aliphatic rings. The summed E-state index contributed by atoms with van der Waals surface area (Å²) in [5, 5.41) is 5.27. The molecule has 0 fully saturated rings. The number of hydrogen-bond donors (Lipinski definition) is 1. The van der Waals surface area contributed by atoms with Crippen LogP contribution in [0.25, 0.3) is 0 Å². The summed E-state index contributed by atoms with van der Waals surface area (Å²) in [6.07, 6.45) is 0.327. The van der Waals surface area contributed by atoms with E-state index < -0.39 is 26.0 Å². The summed E-state index contributed by atoms with van der Waals surface area (Å²) < 4.78 is 63.3. The van der Waals surface area contributed by atoms with Crippen LogP contribution in [-0.4, -0.2) is 46.9 Å². The SMILES string of the molecule is CC[C@@H]1CN(Cc2cc(C(COC=O)c3ccc(S(N)(=O)=O)s3)ccc2C)S(=O)(=O)c2ccccc2O1. The molecule has 3 aromatic rings. The van der Waals surface area contributed by atoms with Gasteiger partial charge in [0.1, 0.15) is 27.6 Å². The highest BCUT2D eigenvalue weighted by atomic mass is 32.2. The largest absolute Gasteiger partial charge is 0.488 e. The molecule has 198 valence electrons. The van der Waals surface area contributed by atoms with Gasteiger partial charge in [-0.2, -0.15) is 4.31 Å². The van der Waals surface area contributed by atoms with Gasteiger partial charge in [0.05, 0.1) is 12.5 Å². The summed E-state index contributed by atoms with van der Waals surface area (Å²) >= 11 is 1.01. The summed E-state index contributed by atoms with van der Waals surface area (Å²) in [4.78, 5) is 11.7. The van der Waals surface area contributed by atoms with Crippen LogP contribution in [0.2, 0.25) is 0 Å². The van der Waals surface area contributed by atoms with Gasteiger partial charge >= 0.3 is 0 Å². The zero-order valence-corrected chi connectivity index (χ0v) is 22.8. The predicted molar refractivity (Wildman–Crippen MR) is 139 cm³/mol. The quantitative estimate of drug-likeness (QED) is 0.394. The first-order valence-electron chi connectivity index (χ1n) is 11.6. The third kappa shape index (κ3) is 5.88. The lowest BCUT2D eigenvalue weighted by atomic mass is 9.94. The van der Waals surface area contributed by atoms with Crippen LogP contribution in [0.3, 0.4) is 0 Å². The maximum absolute atomic E-state index is 13.6. The van der Waals surface area contributed by atoms with Crippen molar-refractivity contribution >= 4 is 37.9 Å². The van der Waals surface area contributed by atoms with Crippen molar-refractivity contribution in [2.45, 2.75) is 47.9 Å². The number of hydrogen-bond acceptors (Lipinski definition) is 8. The van der Waals surface area contributed by atoms with Crippen molar-refractivity contribution < 1.29 is 31.1 Å². The van der Waals surface area contributed by atoms with Gasteiger partial charge in [0.25, 0.3) is 6.47 Å². The van der Waals surface area contributed by atoms with E-state index in [0.29, 0.717) is 23.5 Å². The number of benzene rings is 2. The third-order valence-corrected chi connectivity index (χ3v) is 10.8. The van der Waals surface area contributed by atoms with Crippen molar-refractivity contribution in [2.75, 3.05) is 13.2 Å². The van der Waals surface area contributed by atoms with E-state index in [9.17, 15) is 21.6 Å². The molecule has 2 N–H and O–H groups in total. The molecule has 1 aromatic heterocycles.